The van der Waals surface area contributed by atoms with E-state index in [1.54, 1.807) is 0 Å². The molecule has 2 nitrogen and oxygen atoms in total. The number of methoxy groups -OCH3 is 1. The molecule has 0 aromatic carbocycles. The Kier molecular flexibility index (Phi) is 6.29. The number of hydrogen-bond donors (Lipinski definition) is 0. The average Bonchev–Trinajstić information content (AvgIpc) is 2.03. The van der Waals surface area contributed by atoms with E-state index in [0.717, 1.165) is 12.8 Å². The van der Waals surface area contributed by atoms with E-state index >= 15 is 0 Å². The highest BCUT2D eigenvalue weighted by molar-refractivity contribution is 5.69. The van der Waals surface area contributed by atoms with E-state index in [0.29, 0.717) is 12.3 Å². The van der Waals surface area contributed by atoms with Gasteiger partial charge in [0.25, 0.3) is 0 Å². The first kappa shape index (κ1) is 12.2. The molecule has 0 aromatic heterocycles. The first-order valence-electron chi connectivity index (χ1n) is 4.76. The summed E-state index contributed by atoms with van der Waals surface area (Å²) < 4.78 is 4.59. The summed E-state index contributed by atoms with van der Waals surface area (Å²) in [5.41, 5.74) is 1.34. The predicted octanol–water partition coefficient (Wildman–Crippen LogP) is 2.93. The van der Waals surface area contributed by atoms with Crippen LogP contribution < -0.4 is 0 Å². The number of hydrogen-bond acceptors (Lipinski definition) is 2. The maximum Gasteiger partial charge on any atom is 0.305 e. The smallest absolute Gasteiger partial charge is 0.305 e. The molecule has 76 valence electrons. The highest BCUT2D eigenvalue weighted by atomic mass is 16.5. The van der Waals surface area contributed by atoms with Gasteiger partial charge in [0.05, 0.1) is 7.11 Å². The van der Waals surface area contributed by atoms with E-state index in [1.165, 1.54) is 12.7 Å². The van der Waals surface area contributed by atoms with Gasteiger partial charge < -0.3 is 4.74 Å². The van der Waals surface area contributed by atoms with E-state index in [1.807, 2.05) is 0 Å². The van der Waals surface area contributed by atoms with E-state index in [2.05, 4.69) is 31.6 Å². The topological polar surface area (TPSA) is 26.3 Å². The molecule has 0 aromatic rings. The van der Waals surface area contributed by atoms with Crippen LogP contribution in [0.4, 0.5) is 0 Å². The molecule has 1 unspecified atom stereocenters. The molecule has 0 spiro atoms. The van der Waals surface area contributed by atoms with Crippen LogP contribution in [0.15, 0.2) is 11.6 Å². The zero-order valence-electron chi connectivity index (χ0n) is 9.09. The molecule has 0 aliphatic carbocycles. The second-order valence-corrected chi connectivity index (χ2v) is 3.74. The molecule has 0 radical (unpaired) electrons. The Balaban J connectivity index is 3.57. The van der Waals surface area contributed by atoms with Crippen molar-refractivity contribution in [1.29, 1.82) is 0 Å². The maximum absolute atomic E-state index is 10.9. The fourth-order valence-corrected chi connectivity index (χ4v) is 1.13. The summed E-state index contributed by atoms with van der Waals surface area (Å²) in [7, 11) is 1.44. The quantitative estimate of drug-likeness (QED) is 0.485. The molecule has 0 heterocycles. The third kappa shape index (κ3) is 7.57. The van der Waals surface area contributed by atoms with Gasteiger partial charge in [0.1, 0.15) is 0 Å². The monoisotopic (exact) mass is 184 g/mol. The van der Waals surface area contributed by atoms with Gasteiger partial charge in [0, 0.05) is 6.42 Å². The van der Waals surface area contributed by atoms with Crippen molar-refractivity contribution in [2.45, 2.75) is 40.0 Å². The first-order valence-corrected chi connectivity index (χ1v) is 4.76. The van der Waals surface area contributed by atoms with Crippen molar-refractivity contribution >= 4 is 5.97 Å². The molecule has 0 fully saturated rings. The van der Waals surface area contributed by atoms with Gasteiger partial charge in [-0.15, -0.1) is 0 Å². The van der Waals surface area contributed by atoms with Crippen LogP contribution in [-0.4, -0.2) is 13.1 Å². The van der Waals surface area contributed by atoms with Gasteiger partial charge in [-0.3, -0.25) is 4.79 Å². The first-order chi connectivity index (χ1) is 6.06. The lowest BCUT2D eigenvalue weighted by molar-refractivity contribution is -0.141. The summed E-state index contributed by atoms with van der Waals surface area (Å²) in [6.45, 7) is 6.26. The number of allylic oxidation sites excluding steroid dienone is 2. The molecule has 0 saturated heterocycles. The van der Waals surface area contributed by atoms with Gasteiger partial charge in [-0.25, -0.2) is 0 Å². The van der Waals surface area contributed by atoms with Crippen LogP contribution >= 0.6 is 0 Å². The highest BCUT2D eigenvalue weighted by Gasteiger charge is 2.07. The van der Waals surface area contributed by atoms with Crippen molar-refractivity contribution in [3.63, 3.8) is 0 Å². The molecular weight excluding hydrogens is 164 g/mol. The van der Waals surface area contributed by atoms with Crippen LogP contribution in [0.1, 0.15) is 40.0 Å². The minimum Gasteiger partial charge on any atom is -0.469 e. The molecule has 0 aliphatic rings. The predicted molar refractivity (Wildman–Crippen MR) is 54.5 cm³/mol. The molecule has 13 heavy (non-hydrogen) atoms. The van der Waals surface area contributed by atoms with Crippen LogP contribution in [-0.2, 0) is 9.53 Å². The SMILES string of the molecule is COC(=O)CC(C)CCC=C(C)C. The van der Waals surface area contributed by atoms with Crippen LogP contribution in [0.2, 0.25) is 0 Å². The summed E-state index contributed by atoms with van der Waals surface area (Å²) in [6.07, 6.45) is 4.85. The molecule has 0 rings (SSSR count). The summed E-state index contributed by atoms with van der Waals surface area (Å²) in [5.74, 6) is 0.313. The van der Waals surface area contributed by atoms with Crippen LogP contribution in [0.25, 0.3) is 0 Å². The van der Waals surface area contributed by atoms with Crippen LogP contribution in [0.3, 0.4) is 0 Å². The van der Waals surface area contributed by atoms with Crippen molar-refractivity contribution in [3.05, 3.63) is 11.6 Å². The molecule has 0 bridgehead atoms. The minimum absolute atomic E-state index is 0.107. The molecular formula is C11H20O2. The number of carbonyl (C=O) groups excluding carboxylic acids is 1. The zero-order chi connectivity index (χ0) is 10.3. The Hall–Kier alpha value is -0.790. The Morgan fingerprint density at radius 1 is 1.46 bits per heavy atom. The van der Waals surface area contributed by atoms with Gasteiger partial charge in [-0.2, -0.15) is 0 Å². The molecule has 0 N–H and O–H groups in total. The van der Waals surface area contributed by atoms with E-state index in [9.17, 15) is 4.79 Å². The molecule has 0 amide bonds. The Bertz CT molecular complexity index is 179. The molecule has 1 atom stereocenters. The van der Waals surface area contributed by atoms with Gasteiger partial charge in [-0.1, -0.05) is 18.6 Å². The normalized spacial score (nSPS) is 12.0. The van der Waals surface area contributed by atoms with Crippen molar-refractivity contribution in [2.24, 2.45) is 5.92 Å². The number of ether oxygens (including phenoxy) is 1. The lowest BCUT2D eigenvalue weighted by Crippen LogP contribution is -2.06. The standard InChI is InChI=1S/C11H20O2/c1-9(2)6-5-7-10(3)8-11(12)13-4/h6,10H,5,7-8H2,1-4H3. The lowest BCUT2D eigenvalue weighted by Gasteiger charge is -2.07. The molecule has 2 heteroatoms. The third-order valence-electron chi connectivity index (χ3n) is 1.95. The van der Waals surface area contributed by atoms with E-state index in [4.69, 9.17) is 0 Å². The lowest BCUT2D eigenvalue weighted by atomic mass is 10.0. The zero-order valence-corrected chi connectivity index (χ0v) is 9.09. The van der Waals surface area contributed by atoms with Crippen LogP contribution in [0.5, 0.6) is 0 Å². The maximum atomic E-state index is 10.9. The summed E-state index contributed by atoms with van der Waals surface area (Å²) >= 11 is 0. The van der Waals surface area contributed by atoms with Gasteiger partial charge in [-0.05, 0) is 32.6 Å². The van der Waals surface area contributed by atoms with Crippen molar-refractivity contribution < 1.29 is 9.53 Å². The van der Waals surface area contributed by atoms with E-state index < -0.39 is 0 Å². The van der Waals surface area contributed by atoms with Gasteiger partial charge >= 0.3 is 5.97 Å². The Labute approximate surface area is 81.0 Å². The third-order valence-corrected chi connectivity index (χ3v) is 1.95. The summed E-state index contributed by atoms with van der Waals surface area (Å²) in [4.78, 5) is 10.9. The second kappa shape index (κ2) is 6.70. The van der Waals surface area contributed by atoms with Crippen LogP contribution in [0, 0.1) is 5.92 Å². The Morgan fingerprint density at radius 3 is 2.54 bits per heavy atom. The van der Waals surface area contributed by atoms with Crippen molar-refractivity contribution in [3.8, 4) is 0 Å². The fraction of sp³-hybridized carbons (Fsp3) is 0.727. The fourth-order valence-electron chi connectivity index (χ4n) is 1.13. The van der Waals surface area contributed by atoms with Crippen molar-refractivity contribution in [2.75, 3.05) is 7.11 Å². The Morgan fingerprint density at radius 2 is 2.08 bits per heavy atom. The van der Waals surface area contributed by atoms with Gasteiger partial charge in [0.2, 0.25) is 0 Å². The average molecular weight is 184 g/mol. The highest BCUT2D eigenvalue weighted by Crippen LogP contribution is 2.12. The molecule has 0 aliphatic heterocycles. The summed E-state index contributed by atoms with van der Waals surface area (Å²) in [6, 6.07) is 0. The number of rotatable bonds is 5. The second-order valence-electron chi connectivity index (χ2n) is 3.74. The van der Waals surface area contributed by atoms with E-state index in [-0.39, 0.29) is 5.97 Å². The minimum atomic E-state index is -0.107. The molecule has 0 saturated carbocycles. The number of esters is 1. The van der Waals surface area contributed by atoms with Crippen molar-refractivity contribution in [1.82, 2.24) is 0 Å². The largest absolute Gasteiger partial charge is 0.469 e. The summed E-state index contributed by atoms with van der Waals surface area (Å²) in [5, 5.41) is 0. The van der Waals surface area contributed by atoms with Gasteiger partial charge in [0.15, 0.2) is 0 Å². The number of carbonyl (C=O) groups is 1.